The molecule has 0 unspecified atom stereocenters. The molecule has 2 heteroatoms. The highest BCUT2D eigenvalue weighted by molar-refractivity contribution is 14.1. The van der Waals surface area contributed by atoms with Crippen molar-refractivity contribution < 1.29 is 5.11 Å². The van der Waals surface area contributed by atoms with Crippen LogP contribution in [0.2, 0.25) is 0 Å². The summed E-state index contributed by atoms with van der Waals surface area (Å²) in [6.07, 6.45) is 3.07. The average molecular weight is 276 g/mol. The van der Waals surface area contributed by atoms with Gasteiger partial charge >= 0.3 is 0 Å². The topological polar surface area (TPSA) is 20.2 Å². The second kappa shape index (κ2) is 5.54. The van der Waals surface area contributed by atoms with E-state index in [1.807, 2.05) is 0 Å². The van der Waals surface area contributed by atoms with Gasteiger partial charge in [0, 0.05) is 10.2 Å². The van der Waals surface area contributed by atoms with Gasteiger partial charge in [0.1, 0.15) is 0 Å². The van der Waals surface area contributed by atoms with Crippen molar-refractivity contribution in [3.63, 3.8) is 0 Å². The lowest BCUT2D eigenvalue weighted by molar-refractivity contribution is 0.284. The zero-order valence-electron chi connectivity index (χ0n) is 6.96. The van der Waals surface area contributed by atoms with Gasteiger partial charge in [0.25, 0.3) is 0 Å². The van der Waals surface area contributed by atoms with Gasteiger partial charge in [-0.1, -0.05) is 12.1 Å². The molecule has 0 atom stereocenters. The lowest BCUT2D eigenvalue weighted by Crippen LogP contribution is -1.88. The first-order chi connectivity index (χ1) is 5.83. The fourth-order valence-electron chi connectivity index (χ4n) is 1.13. The third kappa shape index (κ3) is 3.54. The first-order valence-electron chi connectivity index (χ1n) is 4.18. The van der Waals surface area contributed by atoms with Crippen molar-refractivity contribution >= 4 is 22.6 Å². The molecular formula is C10H13IO. The van der Waals surface area contributed by atoms with Gasteiger partial charge in [-0.2, -0.15) is 0 Å². The number of aliphatic hydroxyl groups is 1. The molecule has 0 saturated carbocycles. The summed E-state index contributed by atoms with van der Waals surface area (Å²) in [6, 6.07) is 8.50. The summed E-state index contributed by atoms with van der Waals surface area (Å²) in [4.78, 5) is 0. The molecule has 1 N–H and O–H groups in total. The molecule has 12 heavy (non-hydrogen) atoms. The van der Waals surface area contributed by atoms with E-state index in [0.717, 1.165) is 19.3 Å². The van der Waals surface area contributed by atoms with Crippen LogP contribution in [0.1, 0.15) is 18.4 Å². The van der Waals surface area contributed by atoms with E-state index in [1.54, 1.807) is 0 Å². The van der Waals surface area contributed by atoms with Crippen LogP contribution >= 0.6 is 22.6 Å². The Labute approximate surface area is 86.9 Å². The summed E-state index contributed by atoms with van der Waals surface area (Å²) >= 11 is 2.32. The van der Waals surface area contributed by atoms with Crippen molar-refractivity contribution in [1.29, 1.82) is 0 Å². The summed E-state index contributed by atoms with van der Waals surface area (Å²) < 4.78 is 1.29. The summed E-state index contributed by atoms with van der Waals surface area (Å²) in [5.74, 6) is 0. The average Bonchev–Trinajstić information content (AvgIpc) is 2.05. The fourth-order valence-corrected chi connectivity index (χ4v) is 1.74. The number of hydrogen-bond acceptors (Lipinski definition) is 1. The Morgan fingerprint density at radius 2 is 2.08 bits per heavy atom. The predicted molar refractivity (Wildman–Crippen MR) is 59.2 cm³/mol. The Bertz CT molecular complexity index is 235. The van der Waals surface area contributed by atoms with Crippen LogP contribution in [-0.2, 0) is 6.42 Å². The number of halogens is 1. The molecule has 0 saturated heterocycles. The lowest BCUT2D eigenvalue weighted by Gasteiger charge is -2.00. The van der Waals surface area contributed by atoms with Gasteiger partial charge < -0.3 is 5.11 Å². The first kappa shape index (κ1) is 9.99. The lowest BCUT2D eigenvalue weighted by atomic mass is 10.1. The Hall–Kier alpha value is -0.0900. The minimum Gasteiger partial charge on any atom is -0.396 e. The molecule has 0 aromatic heterocycles. The molecule has 1 nitrogen and oxygen atoms in total. The third-order valence-corrected chi connectivity index (χ3v) is 2.43. The molecule has 0 spiro atoms. The second-order valence-electron chi connectivity index (χ2n) is 2.81. The van der Waals surface area contributed by atoms with Crippen molar-refractivity contribution in [3.8, 4) is 0 Å². The van der Waals surface area contributed by atoms with Gasteiger partial charge in [-0.3, -0.25) is 0 Å². The molecule has 0 radical (unpaired) electrons. The summed E-state index contributed by atoms with van der Waals surface area (Å²) in [6.45, 7) is 0.309. The number of aryl methyl sites for hydroxylation is 1. The number of hydrogen-bond donors (Lipinski definition) is 1. The van der Waals surface area contributed by atoms with E-state index in [-0.39, 0.29) is 0 Å². The van der Waals surface area contributed by atoms with Crippen LogP contribution in [0.15, 0.2) is 24.3 Å². The largest absolute Gasteiger partial charge is 0.396 e. The Morgan fingerprint density at radius 1 is 1.25 bits per heavy atom. The van der Waals surface area contributed by atoms with Gasteiger partial charge in [0.2, 0.25) is 0 Å². The Kier molecular flexibility index (Phi) is 4.61. The zero-order valence-corrected chi connectivity index (χ0v) is 9.12. The van der Waals surface area contributed by atoms with Crippen molar-refractivity contribution in [2.75, 3.05) is 6.61 Å². The van der Waals surface area contributed by atoms with Crippen LogP contribution in [0.4, 0.5) is 0 Å². The smallest absolute Gasteiger partial charge is 0.0431 e. The SMILES string of the molecule is OCCCCc1cccc(I)c1. The number of unbranched alkanes of at least 4 members (excludes halogenated alkanes) is 1. The van der Waals surface area contributed by atoms with Crippen molar-refractivity contribution in [3.05, 3.63) is 33.4 Å². The van der Waals surface area contributed by atoms with Gasteiger partial charge in [0.05, 0.1) is 0 Å². The molecule has 0 amide bonds. The minimum absolute atomic E-state index is 0.309. The summed E-state index contributed by atoms with van der Waals surface area (Å²) in [5, 5.41) is 8.60. The summed E-state index contributed by atoms with van der Waals surface area (Å²) in [5.41, 5.74) is 1.37. The molecule has 66 valence electrons. The maximum absolute atomic E-state index is 8.60. The van der Waals surface area contributed by atoms with Gasteiger partial charge in [-0.25, -0.2) is 0 Å². The van der Waals surface area contributed by atoms with Crippen LogP contribution in [0.5, 0.6) is 0 Å². The van der Waals surface area contributed by atoms with Crippen LogP contribution in [-0.4, -0.2) is 11.7 Å². The number of benzene rings is 1. The normalized spacial score (nSPS) is 10.2. The van der Waals surface area contributed by atoms with Crippen molar-refractivity contribution in [2.24, 2.45) is 0 Å². The van der Waals surface area contributed by atoms with E-state index in [0.29, 0.717) is 6.61 Å². The van der Waals surface area contributed by atoms with Gasteiger partial charge in [-0.15, -0.1) is 0 Å². The molecule has 0 aliphatic carbocycles. The highest BCUT2D eigenvalue weighted by atomic mass is 127. The quantitative estimate of drug-likeness (QED) is 0.662. The van der Waals surface area contributed by atoms with Gasteiger partial charge in [0.15, 0.2) is 0 Å². The van der Waals surface area contributed by atoms with E-state index < -0.39 is 0 Å². The molecule has 0 aliphatic rings. The van der Waals surface area contributed by atoms with Crippen LogP contribution in [0, 0.1) is 3.57 Å². The molecular weight excluding hydrogens is 263 g/mol. The molecule has 1 rings (SSSR count). The van der Waals surface area contributed by atoms with E-state index >= 15 is 0 Å². The monoisotopic (exact) mass is 276 g/mol. The number of aliphatic hydroxyl groups excluding tert-OH is 1. The maximum atomic E-state index is 8.60. The van der Waals surface area contributed by atoms with Crippen molar-refractivity contribution in [1.82, 2.24) is 0 Å². The summed E-state index contributed by atoms with van der Waals surface area (Å²) in [7, 11) is 0. The maximum Gasteiger partial charge on any atom is 0.0431 e. The van der Waals surface area contributed by atoms with E-state index in [1.165, 1.54) is 9.13 Å². The minimum atomic E-state index is 0.309. The Balaban J connectivity index is 2.41. The van der Waals surface area contributed by atoms with Crippen LogP contribution in [0.3, 0.4) is 0 Å². The zero-order chi connectivity index (χ0) is 8.81. The highest BCUT2D eigenvalue weighted by Gasteiger charge is 1.93. The van der Waals surface area contributed by atoms with Crippen LogP contribution < -0.4 is 0 Å². The van der Waals surface area contributed by atoms with E-state index in [4.69, 9.17) is 5.11 Å². The van der Waals surface area contributed by atoms with E-state index in [2.05, 4.69) is 46.9 Å². The first-order valence-corrected chi connectivity index (χ1v) is 5.26. The number of rotatable bonds is 4. The van der Waals surface area contributed by atoms with Crippen molar-refractivity contribution in [2.45, 2.75) is 19.3 Å². The van der Waals surface area contributed by atoms with E-state index in [9.17, 15) is 0 Å². The fraction of sp³-hybridized carbons (Fsp3) is 0.400. The molecule has 1 aromatic rings. The molecule has 1 aromatic carbocycles. The van der Waals surface area contributed by atoms with Gasteiger partial charge in [-0.05, 0) is 59.5 Å². The predicted octanol–water partition coefficient (Wildman–Crippen LogP) is 2.61. The second-order valence-corrected chi connectivity index (χ2v) is 4.06. The standard InChI is InChI=1S/C10H13IO/c11-10-6-3-5-9(8-10)4-1-2-7-12/h3,5-6,8,12H,1-2,4,7H2. The highest BCUT2D eigenvalue weighted by Crippen LogP contribution is 2.10. The third-order valence-electron chi connectivity index (χ3n) is 1.76. The molecule has 0 aliphatic heterocycles. The molecule has 0 heterocycles. The Morgan fingerprint density at radius 3 is 2.75 bits per heavy atom. The molecule has 0 fully saturated rings. The molecule has 0 bridgehead atoms. The van der Waals surface area contributed by atoms with Crippen LogP contribution in [0.25, 0.3) is 0 Å².